The zero-order valence-corrected chi connectivity index (χ0v) is 14.1. The van der Waals surface area contributed by atoms with E-state index in [-0.39, 0.29) is 11.9 Å². The molecule has 2 aromatic rings. The van der Waals surface area contributed by atoms with Gasteiger partial charge in [0.15, 0.2) is 0 Å². The fraction of sp³-hybridized carbons (Fsp3) is 0.286. The molecule has 2 aliphatic rings. The maximum absolute atomic E-state index is 12.6. The minimum absolute atomic E-state index is 0.0478. The molecular formula is C21H22N2O. The number of para-hydroxylation sites is 1. The number of allylic oxidation sites excluding steroid dienone is 2. The summed E-state index contributed by atoms with van der Waals surface area (Å²) in [5, 5.41) is 3.70. The first-order chi connectivity index (χ1) is 11.7. The third-order valence-electron chi connectivity index (χ3n) is 5.19. The van der Waals surface area contributed by atoms with Crippen LogP contribution >= 0.6 is 0 Å². The van der Waals surface area contributed by atoms with E-state index in [9.17, 15) is 4.79 Å². The van der Waals surface area contributed by atoms with E-state index in [1.165, 1.54) is 11.1 Å². The first-order valence-corrected chi connectivity index (χ1v) is 8.49. The normalized spacial score (nSPS) is 24.0. The summed E-state index contributed by atoms with van der Waals surface area (Å²) in [4.78, 5) is 14.3. The average molecular weight is 318 g/mol. The van der Waals surface area contributed by atoms with Gasteiger partial charge in [0.2, 0.25) is 0 Å². The van der Waals surface area contributed by atoms with E-state index in [4.69, 9.17) is 0 Å². The number of carbonyl (C=O) groups excluding carboxylic acids is 1. The maximum atomic E-state index is 12.6. The first kappa shape index (κ1) is 15.0. The second-order valence-corrected chi connectivity index (χ2v) is 6.86. The van der Waals surface area contributed by atoms with Crippen LogP contribution in [0.1, 0.15) is 39.9 Å². The molecule has 0 radical (unpaired) electrons. The molecule has 0 bridgehead atoms. The summed E-state index contributed by atoms with van der Waals surface area (Å²) in [6.45, 7) is 0. The Morgan fingerprint density at radius 1 is 1.08 bits per heavy atom. The van der Waals surface area contributed by atoms with Crippen molar-refractivity contribution < 1.29 is 4.79 Å². The lowest BCUT2D eigenvalue weighted by molar-refractivity contribution is 0.0828. The summed E-state index contributed by atoms with van der Waals surface area (Å²) in [6, 6.07) is 16.9. The summed E-state index contributed by atoms with van der Waals surface area (Å²) in [5.41, 5.74) is 4.29. The number of rotatable bonds is 2. The Morgan fingerprint density at radius 3 is 2.62 bits per heavy atom. The topological polar surface area (TPSA) is 32.3 Å². The molecule has 1 N–H and O–H groups in total. The van der Waals surface area contributed by atoms with E-state index in [0.717, 1.165) is 17.7 Å². The van der Waals surface area contributed by atoms with Crippen molar-refractivity contribution in [3.8, 4) is 0 Å². The zero-order chi connectivity index (χ0) is 16.7. The van der Waals surface area contributed by atoms with Gasteiger partial charge in [0, 0.05) is 20.0 Å². The zero-order valence-electron chi connectivity index (χ0n) is 14.1. The monoisotopic (exact) mass is 318 g/mol. The highest BCUT2D eigenvalue weighted by Gasteiger charge is 2.39. The van der Waals surface area contributed by atoms with Crippen LogP contribution in [0.2, 0.25) is 0 Å². The van der Waals surface area contributed by atoms with Crippen molar-refractivity contribution in [1.82, 2.24) is 4.90 Å². The number of nitrogens with one attached hydrogen (secondary N) is 1. The largest absolute Gasteiger partial charge is 0.377 e. The second kappa shape index (κ2) is 5.82. The molecular weight excluding hydrogens is 296 g/mol. The molecule has 0 spiro atoms. The summed E-state index contributed by atoms with van der Waals surface area (Å²) in [6.07, 6.45) is 5.66. The first-order valence-electron chi connectivity index (χ1n) is 8.49. The van der Waals surface area contributed by atoms with Crippen LogP contribution in [-0.2, 0) is 0 Å². The lowest BCUT2D eigenvalue weighted by Crippen LogP contribution is -2.31. The number of fused-ring (bicyclic) bond motifs is 3. The standard InChI is InChI=1S/C21H22N2O/c1-23(2)21(24)18-13-7-12-17-15-10-6-11-16(15)19(22-20(17)18)14-8-4-3-5-9-14/h3-10,12-13,15-16,19,22H,11H2,1-2H3. The fourth-order valence-corrected chi connectivity index (χ4v) is 4.03. The number of carbonyl (C=O) groups is 1. The molecule has 3 nitrogen and oxygen atoms in total. The molecule has 122 valence electrons. The van der Waals surface area contributed by atoms with Crippen molar-refractivity contribution in [2.75, 3.05) is 19.4 Å². The minimum Gasteiger partial charge on any atom is -0.377 e. The number of hydrogen-bond donors (Lipinski definition) is 1. The molecule has 2 aromatic carbocycles. The van der Waals surface area contributed by atoms with Crippen molar-refractivity contribution in [2.45, 2.75) is 18.4 Å². The van der Waals surface area contributed by atoms with Crippen LogP contribution < -0.4 is 5.32 Å². The van der Waals surface area contributed by atoms with Crippen LogP contribution in [0.3, 0.4) is 0 Å². The van der Waals surface area contributed by atoms with Crippen LogP contribution in [0.4, 0.5) is 5.69 Å². The van der Waals surface area contributed by atoms with Gasteiger partial charge in [0.1, 0.15) is 0 Å². The SMILES string of the molecule is CN(C)C(=O)c1cccc2c1NC(c1ccccc1)C1CC=CC21. The van der Waals surface area contributed by atoms with Gasteiger partial charge in [-0.25, -0.2) is 0 Å². The molecule has 0 fully saturated rings. The van der Waals surface area contributed by atoms with Gasteiger partial charge in [-0.2, -0.15) is 0 Å². The van der Waals surface area contributed by atoms with Crippen LogP contribution in [0.25, 0.3) is 0 Å². The molecule has 0 saturated carbocycles. The molecule has 3 atom stereocenters. The molecule has 24 heavy (non-hydrogen) atoms. The predicted octanol–water partition coefficient (Wildman–Crippen LogP) is 4.21. The van der Waals surface area contributed by atoms with E-state index in [1.54, 1.807) is 19.0 Å². The Hall–Kier alpha value is -2.55. The molecule has 0 saturated heterocycles. The van der Waals surface area contributed by atoms with Gasteiger partial charge in [-0.3, -0.25) is 4.79 Å². The highest BCUT2D eigenvalue weighted by atomic mass is 16.2. The van der Waals surface area contributed by atoms with Gasteiger partial charge in [0.05, 0.1) is 17.3 Å². The van der Waals surface area contributed by atoms with Gasteiger partial charge in [0.25, 0.3) is 5.91 Å². The molecule has 1 amide bonds. The maximum Gasteiger partial charge on any atom is 0.255 e. The van der Waals surface area contributed by atoms with Gasteiger partial charge < -0.3 is 10.2 Å². The second-order valence-electron chi connectivity index (χ2n) is 6.86. The van der Waals surface area contributed by atoms with E-state index in [1.807, 2.05) is 18.2 Å². The highest BCUT2D eigenvalue weighted by molar-refractivity contribution is 6.00. The predicted molar refractivity (Wildman–Crippen MR) is 97.3 cm³/mol. The summed E-state index contributed by atoms with van der Waals surface area (Å²) >= 11 is 0. The molecule has 1 aliphatic heterocycles. The molecule has 3 heteroatoms. The molecule has 0 aromatic heterocycles. The Balaban J connectivity index is 1.83. The third kappa shape index (κ3) is 2.32. The lowest BCUT2D eigenvalue weighted by atomic mass is 9.76. The van der Waals surface area contributed by atoms with Gasteiger partial charge in [-0.1, -0.05) is 54.6 Å². The lowest BCUT2D eigenvalue weighted by Gasteiger charge is -2.38. The number of hydrogen-bond acceptors (Lipinski definition) is 2. The van der Waals surface area contributed by atoms with Crippen molar-refractivity contribution in [3.63, 3.8) is 0 Å². The van der Waals surface area contributed by atoms with Crippen LogP contribution in [0, 0.1) is 5.92 Å². The number of nitrogens with zero attached hydrogens (tertiary/aromatic N) is 1. The molecule has 4 rings (SSSR count). The Bertz CT molecular complexity index is 795. The van der Waals surface area contributed by atoms with Crippen molar-refractivity contribution in [2.24, 2.45) is 5.92 Å². The molecule has 3 unspecified atom stereocenters. The minimum atomic E-state index is 0.0478. The van der Waals surface area contributed by atoms with E-state index < -0.39 is 0 Å². The Morgan fingerprint density at radius 2 is 1.88 bits per heavy atom. The average Bonchev–Trinajstić information content (AvgIpc) is 3.10. The fourth-order valence-electron chi connectivity index (χ4n) is 4.03. The van der Waals surface area contributed by atoms with Crippen molar-refractivity contribution in [1.29, 1.82) is 0 Å². The number of benzene rings is 2. The molecule has 1 heterocycles. The van der Waals surface area contributed by atoms with Gasteiger partial charge in [-0.15, -0.1) is 0 Å². The van der Waals surface area contributed by atoms with E-state index >= 15 is 0 Å². The summed E-state index contributed by atoms with van der Waals surface area (Å²) in [5.74, 6) is 0.928. The van der Waals surface area contributed by atoms with Crippen molar-refractivity contribution in [3.05, 3.63) is 77.4 Å². The highest BCUT2D eigenvalue weighted by Crippen LogP contribution is 2.50. The summed E-state index contributed by atoms with van der Waals surface area (Å²) in [7, 11) is 3.61. The number of amides is 1. The van der Waals surface area contributed by atoms with Gasteiger partial charge >= 0.3 is 0 Å². The molecule has 1 aliphatic carbocycles. The van der Waals surface area contributed by atoms with Crippen LogP contribution in [0.15, 0.2) is 60.7 Å². The van der Waals surface area contributed by atoms with E-state index in [0.29, 0.717) is 11.8 Å². The van der Waals surface area contributed by atoms with Crippen LogP contribution in [0.5, 0.6) is 0 Å². The smallest absolute Gasteiger partial charge is 0.255 e. The quantitative estimate of drug-likeness (QED) is 0.841. The van der Waals surface area contributed by atoms with Gasteiger partial charge in [-0.05, 0) is 29.5 Å². The summed E-state index contributed by atoms with van der Waals surface area (Å²) < 4.78 is 0. The Labute approximate surface area is 143 Å². The number of anilines is 1. The van der Waals surface area contributed by atoms with Crippen LogP contribution in [-0.4, -0.2) is 24.9 Å². The van der Waals surface area contributed by atoms with E-state index in [2.05, 4.69) is 47.8 Å². The third-order valence-corrected chi connectivity index (χ3v) is 5.19. The van der Waals surface area contributed by atoms with Crippen molar-refractivity contribution >= 4 is 11.6 Å². The Kier molecular flexibility index (Phi) is 3.64.